The Morgan fingerprint density at radius 1 is 1.17 bits per heavy atom. The van der Waals surface area contributed by atoms with Gasteiger partial charge in [0.1, 0.15) is 6.10 Å². The first-order valence-corrected chi connectivity index (χ1v) is 11.6. The Balaban J connectivity index is 2.67. The van der Waals surface area contributed by atoms with Gasteiger partial charge in [-0.3, -0.25) is 4.79 Å². The highest BCUT2D eigenvalue weighted by Gasteiger charge is 2.45. The molecule has 1 aliphatic heterocycles. The Labute approximate surface area is 150 Å². The molecule has 0 radical (unpaired) electrons. The fourth-order valence-corrected chi connectivity index (χ4v) is 9.92. The summed E-state index contributed by atoms with van der Waals surface area (Å²) in [5.74, 6) is 2.89. The van der Waals surface area contributed by atoms with E-state index in [1.54, 1.807) is 0 Å². The molecule has 0 unspecified atom stereocenters. The molecule has 1 aliphatic rings. The molecule has 1 saturated heterocycles. The van der Waals surface area contributed by atoms with E-state index in [-0.39, 0.29) is 18.0 Å². The van der Waals surface area contributed by atoms with Crippen LogP contribution in [0.25, 0.3) is 0 Å². The van der Waals surface area contributed by atoms with E-state index in [1.807, 2.05) is 6.92 Å². The van der Waals surface area contributed by atoms with Gasteiger partial charge in [-0.05, 0) is 42.3 Å². The van der Waals surface area contributed by atoms with Crippen LogP contribution in [0.15, 0.2) is 0 Å². The van der Waals surface area contributed by atoms with Gasteiger partial charge in [0.15, 0.2) is 8.32 Å². The van der Waals surface area contributed by atoms with Crippen LogP contribution < -0.4 is 0 Å². The van der Waals surface area contributed by atoms with Gasteiger partial charge in [0, 0.05) is 13.0 Å². The van der Waals surface area contributed by atoms with Crippen LogP contribution in [-0.4, -0.2) is 27.0 Å². The molecule has 0 amide bonds. The zero-order valence-corrected chi connectivity index (χ0v) is 17.6. The maximum Gasteiger partial charge on any atom is 0.306 e. The number of carbonyl (C=O) groups is 1. The molecular formula is C20H36O3Si. The van der Waals surface area contributed by atoms with Crippen LogP contribution in [0, 0.1) is 24.2 Å². The van der Waals surface area contributed by atoms with Crippen molar-refractivity contribution in [1.82, 2.24) is 0 Å². The van der Waals surface area contributed by atoms with E-state index in [0.29, 0.717) is 29.0 Å². The van der Waals surface area contributed by atoms with Crippen molar-refractivity contribution in [3.05, 3.63) is 0 Å². The van der Waals surface area contributed by atoms with Gasteiger partial charge in [-0.2, -0.15) is 0 Å². The fourth-order valence-electron chi connectivity index (χ4n) is 4.45. The molecule has 24 heavy (non-hydrogen) atoms. The molecule has 0 aromatic rings. The molecule has 0 aliphatic carbocycles. The minimum Gasteiger partial charge on any atom is -0.461 e. The van der Waals surface area contributed by atoms with Gasteiger partial charge < -0.3 is 9.16 Å². The lowest BCUT2D eigenvalue weighted by molar-refractivity contribution is -0.159. The van der Waals surface area contributed by atoms with Crippen LogP contribution in [-0.2, 0) is 14.0 Å². The predicted octanol–water partition coefficient (Wildman–Crippen LogP) is 5.16. The second kappa shape index (κ2) is 9.06. The normalized spacial score (nSPS) is 23.5. The molecule has 1 rings (SSSR count). The molecule has 138 valence electrons. The summed E-state index contributed by atoms with van der Waals surface area (Å²) in [7, 11) is -1.82. The fraction of sp³-hybridized carbons (Fsp3) is 0.850. The first-order valence-electron chi connectivity index (χ1n) is 9.44. The molecule has 0 spiro atoms. The molecule has 1 fully saturated rings. The maximum absolute atomic E-state index is 11.9. The number of carbonyl (C=O) groups excluding carboxylic acids is 1. The summed E-state index contributed by atoms with van der Waals surface area (Å²) in [6, 6.07) is 0. The standard InChI is InChI=1S/C20H36O3Si/c1-9-17(8)19-12-18(13-20(21)23-19)10-11-22-24(14(2)3,15(4)5)16(6)7/h1,14-19H,10-13H2,2-8H3/t17-,18-,19-/m1/s1. The van der Waals surface area contributed by atoms with Crippen LogP contribution in [0.1, 0.15) is 67.7 Å². The molecule has 0 saturated carbocycles. The van der Waals surface area contributed by atoms with Crippen LogP contribution >= 0.6 is 0 Å². The zero-order valence-electron chi connectivity index (χ0n) is 16.6. The summed E-state index contributed by atoms with van der Waals surface area (Å²) in [5.41, 5.74) is 1.76. The third-order valence-electron chi connectivity index (χ3n) is 5.71. The number of hydrogen-bond acceptors (Lipinski definition) is 3. The van der Waals surface area contributed by atoms with E-state index in [2.05, 4.69) is 47.5 Å². The van der Waals surface area contributed by atoms with E-state index in [1.165, 1.54) is 0 Å². The van der Waals surface area contributed by atoms with Gasteiger partial charge in [0.25, 0.3) is 0 Å². The van der Waals surface area contributed by atoms with E-state index in [9.17, 15) is 4.79 Å². The SMILES string of the molecule is C#C[C@@H](C)[C@H]1C[C@@H](CCO[Si](C(C)C)(C(C)C)C(C)C)CC(=O)O1. The van der Waals surface area contributed by atoms with Crippen molar-refractivity contribution in [2.45, 2.75) is 90.5 Å². The quantitative estimate of drug-likeness (QED) is 0.344. The smallest absolute Gasteiger partial charge is 0.306 e. The van der Waals surface area contributed by atoms with Gasteiger partial charge in [-0.1, -0.05) is 47.5 Å². The second-order valence-corrected chi connectivity index (χ2v) is 13.7. The minimum atomic E-state index is -1.82. The van der Waals surface area contributed by atoms with Crippen molar-refractivity contribution in [2.24, 2.45) is 11.8 Å². The number of esters is 1. The first-order chi connectivity index (χ1) is 11.1. The van der Waals surface area contributed by atoms with Crippen molar-refractivity contribution >= 4 is 14.3 Å². The molecule has 0 N–H and O–H groups in total. The van der Waals surface area contributed by atoms with Gasteiger partial charge in [0.05, 0.1) is 5.92 Å². The van der Waals surface area contributed by atoms with Gasteiger partial charge in [-0.25, -0.2) is 0 Å². The van der Waals surface area contributed by atoms with E-state index >= 15 is 0 Å². The lowest BCUT2D eigenvalue weighted by Crippen LogP contribution is -2.48. The predicted molar refractivity (Wildman–Crippen MR) is 102 cm³/mol. The number of hydrogen-bond donors (Lipinski definition) is 0. The van der Waals surface area contributed by atoms with Crippen LogP contribution in [0.4, 0.5) is 0 Å². The maximum atomic E-state index is 11.9. The average molecular weight is 353 g/mol. The monoisotopic (exact) mass is 352 g/mol. The van der Waals surface area contributed by atoms with Gasteiger partial charge >= 0.3 is 5.97 Å². The lowest BCUT2D eigenvalue weighted by atomic mass is 9.88. The Morgan fingerprint density at radius 3 is 2.17 bits per heavy atom. The molecule has 0 aromatic heterocycles. The van der Waals surface area contributed by atoms with Crippen molar-refractivity contribution in [1.29, 1.82) is 0 Å². The molecule has 3 atom stereocenters. The Bertz CT molecular complexity index is 429. The lowest BCUT2D eigenvalue weighted by Gasteiger charge is -2.42. The van der Waals surface area contributed by atoms with Crippen molar-refractivity contribution in [3.63, 3.8) is 0 Å². The third-order valence-corrected chi connectivity index (χ3v) is 11.8. The minimum absolute atomic E-state index is 0.0203. The molecule has 3 nitrogen and oxygen atoms in total. The largest absolute Gasteiger partial charge is 0.461 e. The Morgan fingerprint density at radius 2 is 1.71 bits per heavy atom. The molecular weight excluding hydrogens is 316 g/mol. The molecule has 0 bridgehead atoms. The van der Waals surface area contributed by atoms with Crippen LogP contribution in [0.3, 0.4) is 0 Å². The average Bonchev–Trinajstić information content (AvgIpc) is 2.49. The first kappa shape index (κ1) is 21.2. The van der Waals surface area contributed by atoms with Gasteiger partial charge in [0.2, 0.25) is 0 Å². The molecule has 1 heterocycles. The summed E-state index contributed by atoms with van der Waals surface area (Å²) in [6.07, 6.45) is 7.63. The topological polar surface area (TPSA) is 35.5 Å². The number of terminal acetylenes is 1. The van der Waals surface area contributed by atoms with Crippen LogP contribution in [0.2, 0.25) is 16.6 Å². The highest BCUT2D eigenvalue weighted by atomic mass is 28.4. The summed E-state index contributed by atoms with van der Waals surface area (Å²) < 4.78 is 12.0. The highest BCUT2D eigenvalue weighted by molar-refractivity contribution is 6.77. The summed E-state index contributed by atoms with van der Waals surface area (Å²) >= 11 is 0. The number of cyclic esters (lactones) is 1. The van der Waals surface area contributed by atoms with Crippen molar-refractivity contribution in [3.8, 4) is 12.3 Å². The summed E-state index contributed by atoms with van der Waals surface area (Å²) in [6.45, 7) is 16.5. The Kier molecular flexibility index (Phi) is 8.02. The van der Waals surface area contributed by atoms with Crippen molar-refractivity contribution < 1.29 is 14.0 Å². The number of rotatable bonds is 8. The zero-order chi connectivity index (χ0) is 18.5. The summed E-state index contributed by atoms with van der Waals surface area (Å²) in [5, 5.41) is 0. The Hall–Kier alpha value is -0.793. The number of ether oxygens (including phenoxy) is 1. The second-order valence-electron chi connectivity index (χ2n) is 8.24. The summed E-state index contributed by atoms with van der Waals surface area (Å²) in [4.78, 5) is 11.9. The van der Waals surface area contributed by atoms with Gasteiger partial charge in [-0.15, -0.1) is 6.42 Å². The molecule has 4 heteroatoms. The van der Waals surface area contributed by atoms with E-state index in [4.69, 9.17) is 15.6 Å². The van der Waals surface area contributed by atoms with E-state index in [0.717, 1.165) is 19.4 Å². The van der Waals surface area contributed by atoms with E-state index < -0.39 is 8.32 Å². The third kappa shape index (κ3) is 4.86. The highest BCUT2D eigenvalue weighted by Crippen LogP contribution is 2.42. The molecule has 0 aromatic carbocycles. The van der Waals surface area contributed by atoms with Crippen LogP contribution in [0.5, 0.6) is 0 Å². The van der Waals surface area contributed by atoms with Crippen molar-refractivity contribution in [2.75, 3.05) is 6.61 Å².